The van der Waals surface area contributed by atoms with E-state index in [2.05, 4.69) is 15.6 Å². The summed E-state index contributed by atoms with van der Waals surface area (Å²) in [5, 5.41) is 6.68. The average Bonchev–Trinajstić information content (AvgIpc) is 2.94. The van der Waals surface area contributed by atoms with Gasteiger partial charge in [0.2, 0.25) is 11.8 Å². The van der Waals surface area contributed by atoms with Crippen molar-refractivity contribution in [2.45, 2.75) is 12.8 Å². The summed E-state index contributed by atoms with van der Waals surface area (Å²) in [5.74, 6) is -0.335. The number of nitrogens with one attached hydrogen (secondary N) is 2. The number of rotatable bonds is 4. The van der Waals surface area contributed by atoms with Crippen LogP contribution in [0.3, 0.4) is 0 Å². The molecule has 0 aliphatic carbocycles. The number of carbonyl (C=O) groups is 2. The van der Waals surface area contributed by atoms with Gasteiger partial charge in [0.05, 0.1) is 11.4 Å². The Morgan fingerprint density at radius 3 is 3.00 bits per heavy atom. The highest BCUT2D eigenvalue weighted by atomic mass is 16.2. The molecule has 5 heteroatoms. The molecule has 2 heterocycles. The van der Waals surface area contributed by atoms with Crippen LogP contribution in [0.1, 0.15) is 12.0 Å². The molecular formula is C16H17N3O2. The first-order valence-electron chi connectivity index (χ1n) is 7.11. The molecule has 1 aliphatic heterocycles. The molecule has 2 amide bonds. The summed E-state index contributed by atoms with van der Waals surface area (Å²) in [6, 6.07) is 10.0. The second-order valence-electron chi connectivity index (χ2n) is 5.24. The van der Waals surface area contributed by atoms with Gasteiger partial charge in [0.1, 0.15) is 0 Å². The first-order chi connectivity index (χ1) is 10.2. The van der Waals surface area contributed by atoms with Gasteiger partial charge >= 0.3 is 0 Å². The number of para-hydroxylation sites is 1. The maximum atomic E-state index is 11.9. The highest BCUT2D eigenvalue weighted by molar-refractivity contribution is 5.89. The number of hydrogen-bond acceptors (Lipinski definition) is 3. The van der Waals surface area contributed by atoms with Crippen LogP contribution in [0.4, 0.5) is 0 Å². The van der Waals surface area contributed by atoms with Crippen LogP contribution in [-0.4, -0.2) is 29.9 Å². The summed E-state index contributed by atoms with van der Waals surface area (Å²) in [5.41, 5.74) is 2.10. The molecule has 2 N–H and O–H groups in total. The van der Waals surface area contributed by atoms with Crippen molar-refractivity contribution in [2.24, 2.45) is 5.92 Å². The number of aromatic nitrogens is 1. The quantitative estimate of drug-likeness (QED) is 0.880. The minimum atomic E-state index is -0.233. The summed E-state index contributed by atoms with van der Waals surface area (Å²) in [4.78, 5) is 27.4. The van der Waals surface area contributed by atoms with Crippen LogP contribution in [-0.2, 0) is 16.0 Å². The van der Waals surface area contributed by atoms with Gasteiger partial charge in [0, 0.05) is 31.1 Å². The third kappa shape index (κ3) is 3.02. The molecule has 0 radical (unpaired) electrons. The van der Waals surface area contributed by atoms with E-state index in [1.807, 2.05) is 30.3 Å². The first kappa shape index (κ1) is 13.5. The molecule has 1 aromatic carbocycles. The highest BCUT2D eigenvalue weighted by Gasteiger charge is 2.27. The van der Waals surface area contributed by atoms with Gasteiger partial charge in [0.15, 0.2) is 0 Å². The molecule has 1 aliphatic rings. The van der Waals surface area contributed by atoms with Gasteiger partial charge in [-0.3, -0.25) is 14.6 Å². The van der Waals surface area contributed by atoms with Crippen LogP contribution in [0, 0.1) is 5.92 Å². The molecule has 5 nitrogen and oxygen atoms in total. The fraction of sp³-hybridized carbons (Fsp3) is 0.312. The van der Waals surface area contributed by atoms with Crippen molar-refractivity contribution < 1.29 is 9.59 Å². The lowest BCUT2D eigenvalue weighted by atomic mass is 10.1. The fourth-order valence-corrected chi connectivity index (χ4v) is 2.62. The van der Waals surface area contributed by atoms with Gasteiger partial charge < -0.3 is 10.6 Å². The summed E-state index contributed by atoms with van der Waals surface area (Å²) < 4.78 is 0. The predicted molar refractivity (Wildman–Crippen MR) is 79.6 cm³/mol. The molecule has 0 saturated carbocycles. The molecule has 0 spiro atoms. The monoisotopic (exact) mass is 283 g/mol. The van der Waals surface area contributed by atoms with Crippen molar-refractivity contribution in [1.82, 2.24) is 15.6 Å². The summed E-state index contributed by atoms with van der Waals surface area (Å²) in [6.45, 7) is 1.000. The zero-order chi connectivity index (χ0) is 14.7. The maximum absolute atomic E-state index is 11.9. The van der Waals surface area contributed by atoms with Crippen molar-refractivity contribution in [2.75, 3.05) is 13.1 Å². The largest absolute Gasteiger partial charge is 0.355 e. The van der Waals surface area contributed by atoms with Gasteiger partial charge in [-0.2, -0.15) is 0 Å². The van der Waals surface area contributed by atoms with Gasteiger partial charge in [-0.15, -0.1) is 0 Å². The smallest absolute Gasteiger partial charge is 0.225 e. The van der Waals surface area contributed by atoms with Crippen molar-refractivity contribution in [1.29, 1.82) is 0 Å². The maximum Gasteiger partial charge on any atom is 0.225 e. The van der Waals surface area contributed by atoms with Crippen LogP contribution < -0.4 is 10.6 Å². The Morgan fingerprint density at radius 1 is 1.33 bits per heavy atom. The average molecular weight is 283 g/mol. The molecule has 1 fully saturated rings. The van der Waals surface area contributed by atoms with E-state index in [9.17, 15) is 9.59 Å². The molecule has 0 bridgehead atoms. The van der Waals surface area contributed by atoms with Crippen molar-refractivity contribution >= 4 is 22.7 Å². The molecule has 3 rings (SSSR count). The van der Waals surface area contributed by atoms with E-state index in [1.54, 1.807) is 6.20 Å². The van der Waals surface area contributed by atoms with Crippen molar-refractivity contribution in [3.63, 3.8) is 0 Å². The van der Waals surface area contributed by atoms with E-state index in [-0.39, 0.29) is 17.7 Å². The molecule has 1 saturated heterocycles. The van der Waals surface area contributed by atoms with Crippen LogP contribution in [0.15, 0.2) is 36.5 Å². The van der Waals surface area contributed by atoms with E-state index >= 15 is 0 Å². The van der Waals surface area contributed by atoms with E-state index in [0.717, 1.165) is 22.9 Å². The number of amides is 2. The second kappa shape index (κ2) is 5.91. The number of fused-ring (bicyclic) bond motifs is 1. The lowest BCUT2D eigenvalue weighted by Crippen LogP contribution is -2.33. The number of benzene rings is 1. The summed E-state index contributed by atoms with van der Waals surface area (Å²) in [7, 11) is 0. The van der Waals surface area contributed by atoms with E-state index in [1.165, 1.54) is 0 Å². The van der Waals surface area contributed by atoms with E-state index < -0.39 is 0 Å². The lowest BCUT2D eigenvalue weighted by Gasteiger charge is -2.10. The van der Waals surface area contributed by atoms with Crippen LogP contribution >= 0.6 is 0 Å². The molecular weight excluding hydrogens is 266 g/mol. The third-order valence-electron chi connectivity index (χ3n) is 3.76. The zero-order valence-corrected chi connectivity index (χ0v) is 11.6. The van der Waals surface area contributed by atoms with Gasteiger partial charge in [-0.25, -0.2) is 0 Å². The molecule has 1 aromatic heterocycles. The Kier molecular flexibility index (Phi) is 3.81. The Labute approximate surface area is 122 Å². The fourth-order valence-electron chi connectivity index (χ4n) is 2.62. The summed E-state index contributed by atoms with van der Waals surface area (Å²) >= 11 is 0. The van der Waals surface area contributed by atoms with E-state index in [4.69, 9.17) is 0 Å². The third-order valence-corrected chi connectivity index (χ3v) is 3.76. The Balaban J connectivity index is 1.59. The van der Waals surface area contributed by atoms with Crippen molar-refractivity contribution in [3.05, 3.63) is 42.1 Å². The molecule has 1 atom stereocenters. The molecule has 108 valence electrons. The van der Waals surface area contributed by atoms with Gasteiger partial charge in [0.25, 0.3) is 0 Å². The number of nitrogens with zero attached hydrogens (tertiary/aromatic N) is 1. The number of hydrogen-bond donors (Lipinski definition) is 2. The van der Waals surface area contributed by atoms with Crippen molar-refractivity contribution in [3.8, 4) is 0 Å². The predicted octanol–water partition coefficient (Wildman–Crippen LogP) is 1.03. The Morgan fingerprint density at radius 2 is 2.19 bits per heavy atom. The van der Waals surface area contributed by atoms with Gasteiger partial charge in [-0.1, -0.05) is 24.3 Å². The standard InChI is InChI=1S/C16H17N3O2/c20-14-9-13(10-19-14)16(21)18-8-6-12-4-1-3-11-5-2-7-17-15(11)12/h1-5,7,13H,6,8-10H2,(H,18,21)(H,19,20). The normalized spacial score (nSPS) is 17.7. The molecule has 1 unspecified atom stereocenters. The Bertz CT molecular complexity index is 679. The Hall–Kier alpha value is -2.43. The van der Waals surface area contributed by atoms with Crippen LogP contribution in [0.5, 0.6) is 0 Å². The lowest BCUT2D eigenvalue weighted by molar-refractivity contribution is -0.126. The highest BCUT2D eigenvalue weighted by Crippen LogP contribution is 2.16. The molecule has 2 aromatic rings. The SMILES string of the molecule is O=C1CC(C(=O)NCCc2cccc3cccnc23)CN1. The number of pyridine rings is 1. The van der Waals surface area contributed by atoms with Crippen LogP contribution in [0.25, 0.3) is 10.9 Å². The minimum Gasteiger partial charge on any atom is -0.355 e. The molecule has 21 heavy (non-hydrogen) atoms. The first-order valence-corrected chi connectivity index (χ1v) is 7.11. The van der Waals surface area contributed by atoms with Crippen LogP contribution in [0.2, 0.25) is 0 Å². The minimum absolute atomic E-state index is 0.0478. The van der Waals surface area contributed by atoms with E-state index in [0.29, 0.717) is 19.5 Å². The summed E-state index contributed by atoms with van der Waals surface area (Å²) in [6.07, 6.45) is 2.80. The zero-order valence-electron chi connectivity index (χ0n) is 11.6. The van der Waals surface area contributed by atoms with Gasteiger partial charge in [-0.05, 0) is 18.1 Å². The topological polar surface area (TPSA) is 71.1 Å². The second-order valence-corrected chi connectivity index (χ2v) is 5.24. The number of carbonyl (C=O) groups excluding carboxylic acids is 2.